The van der Waals surface area contributed by atoms with Gasteiger partial charge >= 0.3 is 0 Å². The molecule has 0 radical (unpaired) electrons. The number of aliphatic hydroxyl groups excluding tert-OH is 1. The number of hydrazone groups is 1. The van der Waals surface area contributed by atoms with Gasteiger partial charge in [0.05, 0.1) is 25.0 Å². The van der Waals surface area contributed by atoms with E-state index >= 15 is 0 Å². The zero-order chi connectivity index (χ0) is 19.9. The maximum Gasteiger partial charge on any atom is 0.183 e. The van der Waals surface area contributed by atoms with Crippen molar-refractivity contribution < 1.29 is 23.7 Å². The summed E-state index contributed by atoms with van der Waals surface area (Å²) in [5.74, 6) is 1.03. The third-order valence-corrected chi connectivity index (χ3v) is 4.10. The fourth-order valence-corrected chi connectivity index (χ4v) is 2.53. The fraction of sp³-hybridized carbons (Fsp3) is 0.526. The van der Waals surface area contributed by atoms with E-state index in [1.54, 1.807) is 0 Å². The Balaban J connectivity index is 1.84. The van der Waals surface area contributed by atoms with Crippen LogP contribution in [0.25, 0.3) is 0 Å². The predicted molar refractivity (Wildman–Crippen MR) is 102 cm³/mol. The maximum atomic E-state index is 11.9. The second kappa shape index (κ2) is 9.92. The normalized spacial score (nSPS) is 17.4. The molecule has 0 saturated heterocycles. The molecule has 0 saturated carbocycles. The molecule has 1 aliphatic rings. The molecule has 8 heteroatoms. The number of allylic oxidation sites excluding steroid dienone is 1. The molecule has 0 aromatic heterocycles. The highest BCUT2D eigenvalue weighted by molar-refractivity contribution is 6.31. The van der Waals surface area contributed by atoms with E-state index in [1.807, 2.05) is 45.0 Å². The van der Waals surface area contributed by atoms with Crippen molar-refractivity contribution in [1.82, 2.24) is 5.01 Å². The van der Waals surface area contributed by atoms with Gasteiger partial charge in [0.25, 0.3) is 0 Å². The number of rotatable bonds is 9. The van der Waals surface area contributed by atoms with Gasteiger partial charge in [0.2, 0.25) is 0 Å². The van der Waals surface area contributed by atoms with Crippen LogP contribution in [0, 0.1) is 0 Å². The quantitative estimate of drug-likeness (QED) is 0.644. The highest BCUT2D eigenvalue weighted by Crippen LogP contribution is 2.28. The van der Waals surface area contributed by atoms with Crippen LogP contribution in [-0.4, -0.2) is 54.6 Å². The van der Waals surface area contributed by atoms with Crippen molar-refractivity contribution in [2.75, 3.05) is 26.5 Å². The number of alkyl halides is 1. The molecule has 0 fully saturated rings. The van der Waals surface area contributed by atoms with E-state index < -0.39 is 12.9 Å². The SMILES string of the molecule is CC(C)(C)N1N=CC(OCc2ccc(OCCOCC[18F])cc2)=C(Cl)C1O. The van der Waals surface area contributed by atoms with Crippen molar-refractivity contribution in [3.63, 3.8) is 0 Å². The Morgan fingerprint density at radius 2 is 1.85 bits per heavy atom. The van der Waals surface area contributed by atoms with Gasteiger partial charge in [0, 0.05) is 0 Å². The van der Waals surface area contributed by atoms with Gasteiger partial charge in [-0.25, -0.2) is 4.39 Å². The Labute approximate surface area is 164 Å². The number of aliphatic hydroxyl groups is 1. The number of halogens is 2. The molecule has 1 atom stereocenters. The van der Waals surface area contributed by atoms with Gasteiger partial charge in [0.15, 0.2) is 12.0 Å². The molecule has 150 valence electrons. The van der Waals surface area contributed by atoms with E-state index in [9.17, 15) is 9.50 Å². The van der Waals surface area contributed by atoms with E-state index in [2.05, 4.69) is 5.10 Å². The van der Waals surface area contributed by atoms with E-state index in [4.69, 9.17) is 25.8 Å². The van der Waals surface area contributed by atoms with Crippen LogP contribution in [0.4, 0.5) is 4.39 Å². The third-order valence-electron chi connectivity index (χ3n) is 3.72. The lowest BCUT2D eigenvalue weighted by Gasteiger charge is -2.38. The molecule has 2 rings (SSSR count). The summed E-state index contributed by atoms with van der Waals surface area (Å²) in [5.41, 5.74) is 0.545. The minimum atomic E-state index is -1.04. The van der Waals surface area contributed by atoms with Crippen molar-refractivity contribution in [2.45, 2.75) is 39.1 Å². The zero-order valence-electron chi connectivity index (χ0n) is 15.8. The molecule has 1 N–H and O–H groups in total. The summed E-state index contributed by atoms with van der Waals surface area (Å²) in [7, 11) is 0. The molecule has 1 aromatic rings. The van der Waals surface area contributed by atoms with Crippen molar-refractivity contribution in [3.8, 4) is 5.75 Å². The molecular weight excluding hydrogens is 374 g/mol. The maximum absolute atomic E-state index is 11.9. The van der Waals surface area contributed by atoms with Gasteiger partial charge in [-0.05, 0) is 38.5 Å². The summed E-state index contributed by atoms with van der Waals surface area (Å²) in [4.78, 5) is 0. The number of benzene rings is 1. The van der Waals surface area contributed by atoms with Crippen molar-refractivity contribution >= 4 is 17.8 Å². The molecular formula is C19H26ClFN2O4. The van der Waals surface area contributed by atoms with E-state index in [0.717, 1.165) is 5.56 Å². The Hall–Kier alpha value is -1.83. The summed E-state index contributed by atoms with van der Waals surface area (Å²) in [5, 5.41) is 16.3. The lowest BCUT2D eigenvalue weighted by Crippen LogP contribution is -2.46. The van der Waals surface area contributed by atoms with Crippen LogP contribution in [0.15, 0.2) is 40.2 Å². The summed E-state index contributed by atoms with van der Waals surface area (Å²) in [6, 6.07) is 7.36. The number of hydrogen-bond acceptors (Lipinski definition) is 6. The monoisotopic (exact) mass is 399 g/mol. The lowest BCUT2D eigenvalue weighted by molar-refractivity contribution is -0.0264. The Kier molecular flexibility index (Phi) is 7.89. The van der Waals surface area contributed by atoms with Crippen LogP contribution in [0.3, 0.4) is 0 Å². The van der Waals surface area contributed by atoms with Crippen molar-refractivity contribution in [2.24, 2.45) is 5.10 Å². The first-order valence-electron chi connectivity index (χ1n) is 8.72. The molecule has 0 amide bonds. The number of hydrogen-bond donors (Lipinski definition) is 1. The topological polar surface area (TPSA) is 63.5 Å². The van der Waals surface area contributed by atoms with E-state index in [0.29, 0.717) is 24.7 Å². The summed E-state index contributed by atoms with van der Waals surface area (Å²) >= 11 is 6.24. The lowest BCUT2D eigenvalue weighted by atomic mass is 10.1. The molecule has 1 unspecified atom stereocenters. The molecule has 27 heavy (non-hydrogen) atoms. The largest absolute Gasteiger partial charge is 0.491 e. The van der Waals surface area contributed by atoms with Crippen LogP contribution in [0.1, 0.15) is 26.3 Å². The van der Waals surface area contributed by atoms with Crippen LogP contribution < -0.4 is 4.74 Å². The standard InChI is InChI=1S/C19H26ClFN2O4/c1-19(2,3)23-18(24)17(20)16(12-22-23)27-13-14-4-6-15(7-5-14)26-11-10-25-9-8-21/h4-7,12,18,24H,8-11,13H2,1-3H3/i21-1. The van der Waals surface area contributed by atoms with E-state index in [1.165, 1.54) is 11.2 Å². The van der Waals surface area contributed by atoms with Gasteiger partial charge in [-0.3, -0.25) is 5.01 Å². The number of nitrogens with zero attached hydrogens (tertiary/aromatic N) is 2. The van der Waals surface area contributed by atoms with Crippen molar-refractivity contribution in [3.05, 3.63) is 40.6 Å². The average molecular weight is 400 g/mol. The third kappa shape index (κ3) is 6.37. The minimum absolute atomic E-state index is 0.0869. The molecule has 1 aliphatic heterocycles. The van der Waals surface area contributed by atoms with Gasteiger partial charge in [0.1, 0.15) is 30.7 Å². The number of ether oxygens (including phenoxy) is 3. The molecule has 0 aliphatic carbocycles. The van der Waals surface area contributed by atoms with Crippen LogP contribution in [0.5, 0.6) is 5.75 Å². The van der Waals surface area contributed by atoms with E-state index in [-0.39, 0.29) is 23.8 Å². The Bertz CT molecular complexity index is 659. The minimum Gasteiger partial charge on any atom is -0.491 e. The molecule has 6 nitrogen and oxygen atoms in total. The zero-order valence-corrected chi connectivity index (χ0v) is 16.6. The highest BCUT2D eigenvalue weighted by Gasteiger charge is 2.32. The Morgan fingerprint density at radius 3 is 2.48 bits per heavy atom. The predicted octanol–water partition coefficient (Wildman–Crippen LogP) is 3.44. The van der Waals surface area contributed by atoms with Gasteiger partial charge in [-0.15, -0.1) is 0 Å². The fourth-order valence-electron chi connectivity index (χ4n) is 2.34. The van der Waals surface area contributed by atoms with Crippen LogP contribution in [-0.2, 0) is 16.1 Å². The summed E-state index contributed by atoms with van der Waals surface area (Å²) < 4.78 is 28.1. The van der Waals surface area contributed by atoms with Crippen LogP contribution in [0.2, 0.25) is 0 Å². The molecule has 1 aromatic carbocycles. The first kappa shape index (κ1) is 21.5. The van der Waals surface area contributed by atoms with Crippen molar-refractivity contribution in [1.29, 1.82) is 0 Å². The molecule has 1 heterocycles. The second-order valence-electron chi connectivity index (χ2n) is 6.93. The summed E-state index contributed by atoms with van der Waals surface area (Å²) in [6.45, 7) is 6.36. The van der Waals surface area contributed by atoms with Gasteiger partial charge < -0.3 is 19.3 Å². The molecule has 0 bridgehead atoms. The Morgan fingerprint density at radius 1 is 1.15 bits per heavy atom. The highest BCUT2D eigenvalue weighted by atomic mass is 35.5. The molecule has 0 spiro atoms. The first-order chi connectivity index (χ1) is 12.8. The average Bonchev–Trinajstić information content (AvgIpc) is 2.63. The van der Waals surface area contributed by atoms with Gasteiger partial charge in [-0.2, -0.15) is 5.10 Å². The van der Waals surface area contributed by atoms with Gasteiger partial charge in [-0.1, -0.05) is 23.7 Å². The first-order valence-corrected chi connectivity index (χ1v) is 9.10. The second-order valence-corrected chi connectivity index (χ2v) is 7.34. The smallest absolute Gasteiger partial charge is 0.183 e. The summed E-state index contributed by atoms with van der Waals surface area (Å²) in [6.07, 6.45) is 0.469. The van der Waals surface area contributed by atoms with Crippen LogP contribution >= 0.6 is 11.6 Å².